The van der Waals surface area contributed by atoms with Crippen LogP contribution in [0.2, 0.25) is 0 Å². The van der Waals surface area contributed by atoms with E-state index in [4.69, 9.17) is 0 Å². The highest BCUT2D eigenvalue weighted by atomic mass is 15.1. The second-order valence-electron chi connectivity index (χ2n) is 3.50. The van der Waals surface area contributed by atoms with Gasteiger partial charge >= 0.3 is 0 Å². The zero-order valence-corrected chi connectivity index (χ0v) is 7.83. The highest BCUT2D eigenvalue weighted by Crippen LogP contribution is 2.21. The highest BCUT2D eigenvalue weighted by molar-refractivity contribution is 5.23. The van der Waals surface area contributed by atoms with E-state index < -0.39 is 0 Å². The molecule has 0 aromatic rings. The van der Waals surface area contributed by atoms with Gasteiger partial charge in [-0.05, 0) is 30.7 Å². The molecule has 11 heavy (non-hydrogen) atoms. The molecule has 1 nitrogen and oxygen atoms in total. The van der Waals surface area contributed by atoms with E-state index in [1.807, 2.05) is 0 Å². The summed E-state index contributed by atoms with van der Waals surface area (Å²) >= 11 is 0. The molecule has 1 unspecified atom stereocenters. The molecule has 0 bridgehead atoms. The highest BCUT2D eigenvalue weighted by Gasteiger charge is 2.16. The number of hydrogen-bond acceptors (Lipinski definition) is 1. The van der Waals surface area contributed by atoms with Crippen LogP contribution in [0.5, 0.6) is 0 Å². The lowest BCUT2D eigenvalue weighted by molar-refractivity contribution is 0.367. The van der Waals surface area contributed by atoms with Crippen molar-refractivity contribution in [1.82, 2.24) is 4.90 Å². The normalized spacial score (nSPS) is 24.3. The molecule has 0 saturated heterocycles. The second kappa shape index (κ2) is 3.12. The molecule has 0 fully saturated rings. The molecule has 1 atom stereocenters. The van der Waals surface area contributed by atoms with E-state index in [-0.39, 0.29) is 0 Å². The summed E-state index contributed by atoms with van der Waals surface area (Å²) in [6, 6.07) is 0.569. The van der Waals surface area contributed by atoms with Crippen molar-refractivity contribution in [3.63, 3.8) is 0 Å². The van der Waals surface area contributed by atoms with E-state index in [1.54, 1.807) is 0 Å². The zero-order valence-electron chi connectivity index (χ0n) is 7.83. The van der Waals surface area contributed by atoms with E-state index in [0.29, 0.717) is 12.0 Å². The Morgan fingerprint density at radius 1 is 1.45 bits per heavy atom. The fourth-order valence-corrected chi connectivity index (χ4v) is 1.47. The predicted molar refractivity (Wildman–Crippen MR) is 49.3 cm³/mol. The summed E-state index contributed by atoms with van der Waals surface area (Å²) in [5, 5.41) is 0. The monoisotopic (exact) mass is 151 g/mol. The number of allylic oxidation sites excluding steroid dienone is 2. The predicted octanol–water partition coefficient (Wildman–Crippen LogP) is 2.42. The van der Waals surface area contributed by atoms with Gasteiger partial charge in [-0.3, -0.25) is 0 Å². The van der Waals surface area contributed by atoms with Gasteiger partial charge in [0.15, 0.2) is 0 Å². The van der Waals surface area contributed by atoms with Crippen LogP contribution < -0.4 is 0 Å². The molecule has 62 valence electrons. The number of likely N-dealkylation sites (N-methyl/N-ethyl adjacent to an activating group) is 1. The third kappa shape index (κ3) is 1.65. The Morgan fingerprint density at radius 3 is 2.55 bits per heavy atom. The first-order valence-electron chi connectivity index (χ1n) is 4.23. The van der Waals surface area contributed by atoms with Gasteiger partial charge in [0.05, 0.1) is 0 Å². The lowest BCUT2D eigenvalue weighted by Gasteiger charge is -2.30. The van der Waals surface area contributed by atoms with Crippen LogP contribution in [0.3, 0.4) is 0 Å². The third-order valence-electron chi connectivity index (χ3n) is 2.37. The molecule has 1 heterocycles. The van der Waals surface area contributed by atoms with Gasteiger partial charge in [-0.1, -0.05) is 19.9 Å². The molecule has 0 aromatic carbocycles. The molecule has 0 spiro atoms. The summed E-state index contributed by atoms with van der Waals surface area (Å²) in [7, 11) is 2.12. The van der Waals surface area contributed by atoms with Gasteiger partial charge in [-0.2, -0.15) is 0 Å². The molecule has 0 aromatic heterocycles. The average molecular weight is 151 g/mol. The van der Waals surface area contributed by atoms with Crippen molar-refractivity contribution >= 4 is 0 Å². The van der Waals surface area contributed by atoms with Gasteiger partial charge in [-0.15, -0.1) is 0 Å². The average Bonchev–Trinajstić information content (AvgIpc) is 1.94. The van der Waals surface area contributed by atoms with Crippen LogP contribution in [-0.2, 0) is 0 Å². The SMILES string of the molecule is CC(C)C1=CC=CN(C)C1C. The van der Waals surface area contributed by atoms with Crippen molar-refractivity contribution in [1.29, 1.82) is 0 Å². The fourth-order valence-electron chi connectivity index (χ4n) is 1.47. The number of nitrogens with zero attached hydrogens (tertiary/aromatic N) is 1. The Hall–Kier alpha value is -0.720. The van der Waals surface area contributed by atoms with Crippen LogP contribution in [0, 0.1) is 5.92 Å². The molecular formula is C10H17N. The Labute approximate surface area is 69.4 Å². The quantitative estimate of drug-likeness (QED) is 0.556. The molecule has 1 aliphatic heterocycles. The number of rotatable bonds is 1. The zero-order chi connectivity index (χ0) is 8.43. The second-order valence-corrected chi connectivity index (χ2v) is 3.50. The van der Waals surface area contributed by atoms with Crippen molar-refractivity contribution in [2.24, 2.45) is 5.92 Å². The van der Waals surface area contributed by atoms with Crippen LogP contribution in [0.4, 0.5) is 0 Å². The maximum absolute atomic E-state index is 2.25. The van der Waals surface area contributed by atoms with E-state index in [0.717, 1.165) is 0 Å². The van der Waals surface area contributed by atoms with Gasteiger partial charge < -0.3 is 4.90 Å². The van der Waals surface area contributed by atoms with Gasteiger partial charge in [-0.25, -0.2) is 0 Å². The summed E-state index contributed by atoms with van der Waals surface area (Å²) in [5.41, 5.74) is 1.52. The molecule has 0 saturated carbocycles. The Balaban J connectivity index is 2.78. The molecule has 1 rings (SSSR count). The maximum atomic E-state index is 2.25. The van der Waals surface area contributed by atoms with Crippen molar-refractivity contribution < 1.29 is 0 Å². The van der Waals surface area contributed by atoms with Gasteiger partial charge in [0.25, 0.3) is 0 Å². The lowest BCUT2D eigenvalue weighted by atomic mass is 9.94. The minimum atomic E-state index is 0.569. The first-order chi connectivity index (χ1) is 5.13. The summed E-state index contributed by atoms with van der Waals surface area (Å²) in [5.74, 6) is 0.664. The minimum Gasteiger partial charge on any atom is -0.374 e. The van der Waals surface area contributed by atoms with Crippen molar-refractivity contribution in [3.8, 4) is 0 Å². The van der Waals surface area contributed by atoms with E-state index in [9.17, 15) is 0 Å². The fraction of sp³-hybridized carbons (Fsp3) is 0.600. The van der Waals surface area contributed by atoms with Crippen molar-refractivity contribution in [3.05, 3.63) is 23.9 Å². The molecule has 1 heteroatoms. The van der Waals surface area contributed by atoms with Gasteiger partial charge in [0, 0.05) is 13.1 Å². The Morgan fingerprint density at radius 2 is 2.09 bits per heavy atom. The van der Waals surface area contributed by atoms with Crippen LogP contribution in [0.25, 0.3) is 0 Å². The van der Waals surface area contributed by atoms with E-state index >= 15 is 0 Å². The summed E-state index contributed by atoms with van der Waals surface area (Å²) in [6.45, 7) is 6.74. The summed E-state index contributed by atoms with van der Waals surface area (Å²) < 4.78 is 0. The maximum Gasteiger partial charge on any atom is 0.0470 e. The summed E-state index contributed by atoms with van der Waals surface area (Å²) in [6.07, 6.45) is 6.47. The lowest BCUT2D eigenvalue weighted by Crippen LogP contribution is -2.29. The molecule has 1 aliphatic rings. The molecule has 0 radical (unpaired) electrons. The third-order valence-corrected chi connectivity index (χ3v) is 2.37. The van der Waals surface area contributed by atoms with Crippen LogP contribution in [0.1, 0.15) is 20.8 Å². The minimum absolute atomic E-state index is 0.569. The Bertz CT molecular complexity index is 189. The van der Waals surface area contributed by atoms with Gasteiger partial charge in [0.2, 0.25) is 0 Å². The standard InChI is InChI=1S/C10H17N/c1-8(2)10-6-5-7-11(4)9(10)3/h5-9H,1-4H3. The molecule has 0 aliphatic carbocycles. The van der Waals surface area contributed by atoms with E-state index in [2.05, 4.69) is 51.1 Å². The van der Waals surface area contributed by atoms with Crippen molar-refractivity contribution in [2.75, 3.05) is 7.05 Å². The summed E-state index contributed by atoms with van der Waals surface area (Å²) in [4.78, 5) is 2.25. The van der Waals surface area contributed by atoms with Crippen molar-refractivity contribution in [2.45, 2.75) is 26.8 Å². The molecular weight excluding hydrogens is 134 g/mol. The van der Waals surface area contributed by atoms with Crippen LogP contribution >= 0.6 is 0 Å². The Kier molecular flexibility index (Phi) is 2.38. The first-order valence-corrected chi connectivity index (χ1v) is 4.23. The largest absolute Gasteiger partial charge is 0.374 e. The van der Waals surface area contributed by atoms with E-state index in [1.165, 1.54) is 5.57 Å². The van der Waals surface area contributed by atoms with Gasteiger partial charge in [0.1, 0.15) is 0 Å². The first kappa shape index (κ1) is 8.38. The smallest absolute Gasteiger partial charge is 0.0470 e. The molecule has 0 amide bonds. The van der Waals surface area contributed by atoms with Crippen LogP contribution in [-0.4, -0.2) is 18.0 Å². The van der Waals surface area contributed by atoms with Crippen LogP contribution in [0.15, 0.2) is 23.9 Å². The topological polar surface area (TPSA) is 3.24 Å². The molecule has 0 N–H and O–H groups in total. The number of hydrogen-bond donors (Lipinski definition) is 0.